The molecule has 1 heterocycles. The predicted octanol–water partition coefficient (Wildman–Crippen LogP) is 4.74. The van der Waals surface area contributed by atoms with Gasteiger partial charge in [0.1, 0.15) is 5.75 Å². The van der Waals surface area contributed by atoms with Gasteiger partial charge in [-0.3, -0.25) is 4.79 Å². The van der Waals surface area contributed by atoms with Crippen LogP contribution < -0.4 is 4.74 Å². The van der Waals surface area contributed by atoms with Gasteiger partial charge < -0.3 is 14.2 Å². The zero-order valence-electron chi connectivity index (χ0n) is 17.2. The summed E-state index contributed by atoms with van der Waals surface area (Å²) in [5.74, 6) is 1.25. The lowest BCUT2D eigenvalue weighted by Crippen LogP contribution is -2.37. The van der Waals surface area contributed by atoms with E-state index in [2.05, 4.69) is 16.2 Å². The van der Waals surface area contributed by atoms with Gasteiger partial charge in [0, 0.05) is 12.6 Å². The van der Waals surface area contributed by atoms with Crippen molar-refractivity contribution < 1.29 is 14.1 Å². The predicted molar refractivity (Wildman–Crippen MR) is 112 cm³/mol. The third-order valence-corrected chi connectivity index (χ3v) is 5.08. The molecule has 152 valence electrons. The van der Waals surface area contributed by atoms with Gasteiger partial charge in [0.25, 0.3) is 5.91 Å². The zero-order chi connectivity index (χ0) is 21.1. The van der Waals surface area contributed by atoms with E-state index in [0.29, 0.717) is 22.3 Å². The molecule has 0 saturated heterocycles. The molecule has 1 aromatic heterocycles. The van der Waals surface area contributed by atoms with E-state index in [9.17, 15) is 4.79 Å². The number of carbonyl (C=O) groups is 1. The highest BCUT2D eigenvalue weighted by atomic mass is 35.5. The van der Waals surface area contributed by atoms with Crippen LogP contribution in [0, 0.1) is 20.8 Å². The molecule has 0 N–H and O–H groups in total. The maximum absolute atomic E-state index is 12.8. The quantitative estimate of drug-likeness (QED) is 0.583. The highest BCUT2D eigenvalue weighted by Gasteiger charge is 2.22. The van der Waals surface area contributed by atoms with Crippen molar-refractivity contribution in [3.8, 4) is 17.1 Å². The van der Waals surface area contributed by atoms with Crippen LogP contribution in [0.25, 0.3) is 11.4 Å². The van der Waals surface area contributed by atoms with Crippen LogP contribution in [0.5, 0.6) is 5.75 Å². The van der Waals surface area contributed by atoms with Crippen molar-refractivity contribution in [2.24, 2.45) is 0 Å². The molecule has 0 aliphatic rings. The minimum atomic E-state index is -0.647. The van der Waals surface area contributed by atoms with Crippen LogP contribution in [0.2, 0.25) is 5.02 Å². The average molecular weight is 414 g/mol. The van der Waals surface area contributed by atoms with Crippen molar-refractivity contribution in [3.05, 3.63) is 64.0 Å². The number of rotatable bonds is 6. The highest BCUT2D eigenvalue weighted by Crippen LogP contribution is 2.26. The molecule has 0 aliphatic carbocycles. The maximum atomic E-state index is 12.8. The Balaban J connectivity index is 1.67. The molecular formula is C22H24ClN3O3. The molecule has 1 atom stereocenters. The summed E-state index contributed by atoms with van der Waals surface area (Å²) >= 11 is 6.17. The Morgan fingerprint density at radius 3 is 2.69 bits per heavy atom. The van der Waals surface area contributed by atoms with Gasteiger partial charge in [-0.25, -0.2) is 0 Å². The Morgan fingerprint density at radius 2 is 1.97 bits per heavy atom. The second kappa shape index (κ2) is 8.66. The minimum Gasteiger partial charge on any atom is -0.481 e. The number of hydrogen-bond acceptors (Lipinski definition) is 5. The molecule has 0 bridgehead atoms. The Morgan fingerprint density at radius 1 is 1.24 bits per heavy atom. The van der Waals surface area contributed by atoms with E-state index in [1.807, 2.05) is 45.0 Å². The zero-order valence-corrected chi connectivity index (χ0v) is 17.9. The molecule has 3 rings (SSSR count). The first-order valence-corrected chi connectivity index (χ1v) is 9.71. The van der Waals surface area contributed by atoms with Crippen LogP contribution in [-0.4, -0.2) is 34.1 Å². The van der Waals surface area contributed by atoms with Crippen molar-refractivity contribution in [1.82, 2.24) is 15.0 Å². The first-order chi connectivity index (χ1) is 13.8. The number of aromatic nitrogens is 2. The molecule has 1 amide bonds. The van der Waals surface area contributed by atoms with Crippen molar-refractivity contribution in [1.29, 1.82) is 0 Å². The van der Waals surface area contributed by atoms with E-state index < -0.39 is 6.10 Å². The molecule has 7 heteroatoms. The van der Waals surface area contributed by atoms with Gasteiger partial charge in [0.2, 0.25) is 11.7 Å². The summed E-state index contributed by atoms with van der Waals surface area (Å²) in [4.78, 5) is 18.6. The van der Waals surface area contributed by atoms with Crippen LogP contribution in [-0.2, 0) is 11.3 Å². The largest absolute Gasteiger partial charge is 0.481 e. The maximum Gasteiger partial charge on any atom is 0.263 e. The van der Waals surface area contributed by atoms with Gasteiger partial charge >= 0.3 is 0 Å². The number of benzene rings is 2. The molecule has 0 fully saturated rings. The van der Waals surface area contributed by atoms with Crippen molar-refractivity contribution in [2.45, 2.75) is 40.3 Å². The molecule has 0 aliphatic heterocycles. The van der Waals surface area contributed by atoms with Gasteiger partial charge in [0.15, 0.2) is 6.10 Å². The van der Waals surface area contributed by atoms with Crippen LogP contribution in [0.15, 0.2) is 40.9 Å². The van der Waals surface area contributed by atoms with Crippen molar-refractivity contribution in [3.63, 3.8) is 0 Å². The van der Waals surface area contributed by atoms with Crippen molar-refractivity contribution >= 4 is 17.5 Å². The summed E-state index contributed by atoms with van der Waals surface area (Å²) in [5, 5.41) is 4.50. The van der Waals surface area contributed by atoms with Crippen molar-refractivity contribution in [2.75, 3.05) is 7.05 Å². The van der Waals surface area contributed by atoms with E-state index >= 15 is 0 Å². The van der Waals surface area contributed by atoms with E-state index in [-0.39, 0.29) is 12.5 Å². The number of nitrogens with zero attached hydrogens (tertiary/aromatic N) is 3. The summed E-state index contributed by atoms with van der Waals surface area (Å²) in [6.07, 6.45) is -0.647. The topological polar surface area (TPSA) is 68.5 Å². The fourth-order valence-electron chi connectivity index (χ4n) is 3.03. The summed E-state index contributed by atoms with van der Waals surface area (Å²) in [5.41, 5.74) is 3.93. The highest BCUT2D eigenvalue weighted by molar-refractivity contribution is 6.33. The fourth-order valence-corrected chi connectivity index (χ4v) is 3.25. The molecule has 29 heavy (non-hydrogen) atoms. The molecule has 0 saturated carbocycles. The van der Waals surface area contributed by atoms with E-state index in [1.165, 1.54) is 4.90 Å². The molecule has 0 radical (unpaired) electrons. The number of aryl methyl sites for hydroxylation is 2. The Labute approximate surface area is 175 Å². The Bertz CT molecular complexity index is 1030. The lowest BCUT2D eigenvalue weighted by atomic mass is 10.1. The summed E-state index contributed by atoms with van der Waals surface area (Å²) in [7, 11) is 1.68. The minimum absolute atomic E-state index is 0.176. The lowest BCUT2D eigenvalue weighted by molar-refractivity contribution is -0.137. The second-order valence-corrected chi connectivity index (χ2v) is 7.56. The first-order valence-electron chi connectivity index (χ1n) is 9.33. The standard InChI is InChI=1S/C22H24ClN3O3/c1-13-10-14(2)15(3)19(11-13)28-16(4)22(27)26(5)12-20-24-21(25-29-20)17-8-6-7-9-18(17)23/h6-11,16H,12H2,1-5H3/t16-/m0/s1. The van der Waals surface area contributed by atoms with Crippen LogP contribution in [0.1, 0.15) is 29.5 Å². The van der Waals surface area contributed by atoms with Gasteiger partial charge in [-0.2, -0.15) is 4.98 Å². The van der Waals surface area contributed by atoms with E-state index in [4.69, 9.17) is 20.9 Å². The number of ether oxygens (including phenoxy) is 1. The average Bonchev–Trinajstić information content (AvgIpc) is 3.13. The molecule has 2 aromatic carbocycles. The molecular weight excluding hydrogens is 390 g/mol. The molecule has 3 aromatic rings. The Hall–Kier alpha value is -2.86. The number of amides is 1. The van der Waals surface area contributed by atoms with Crippen LogP contribution in [0.3, 0.4) is 0 Å². The van der Waals surface area contributed by atoms with Crippen LogP contribution >= 0.6 is 11.6 Å². The summed E-state index contributed by atoms with van der Waals surface area (Å²) in [6, 6.07) is 11.3. The first kappa shape index (κ1) is 20.9. The van der Waals surface area contributed by atoms with E-state index in [0.717, 1.165) is 22.4 Å². The summed E-state index contributed by atoms with van der Waals surface area (Å²) < 4.78 is 11.2. The molecule has 0 spiro atoms. The second-order valence-electron chi connectivity index (χ2n) is 7.15. The number of carbonyl (C=O) groups excluding carboxylic acids is 1. The number of halogens is 1. The smallest absolute Gasteiger partial charge is 0.263 e. The summed E-state index contributed by atoms with van der Waals surface area (Å²) in [6.45, 7) is 7.93. The van der Waals surface area contributed by atoms with Gasteiger partial charge in [0.05, 0.1) is 11.6 Å². The normalized spacial score (nSPS) is 11.9. The SMILES string of the molecule is Cc1cc(C)c(C)c(O[C@@H](C)C(=O)N(C)Cc2nc(-c3ccccc3Cl)no2)c1. The third-order valence-electron chi connectivity index (χ3n) is 4.75. The molecule has 0 unspecified atom stereocenters. The van der Waals surface area contributed by atoms with E-state index in [1.54, 1.807) is 20.0 Å². The fraction of sp³-hybridized carbons (Fsp3) is 0.318. The van der Waals surface area contributed by atoms with Crippen LogP contribution in [0.4, 0.5) is 0 Å². The van der Waals surface area contributed by atoms with Gasteiger partial charge in [-0.05, 0) is 62.6 Å². The number of hydrogen-bond donors (Lipinski definition) is 0. The molecule has 6 nitrogen and oxygen atoms in total. The van der Waals surface area contributed by atoms with Gasteiger partial charge in [-0.15, -0.1) is 0 Å². The van der Waals surface area contributed by atoms with Gasteiger partial charge in [-0.1, -0.05) is 35.0 Å². The Kier molecular flexibility index (Phi) is 6.23. The monoisotopic (exact) mass is 413 g/mol. The lowest BCUT2D eigenvalue weighted by Gasteiger charge is -2.22. The third kappa shape index (κ3) is 4.77. The number of likely N-dealkylation sites (N-methyl/N-ethyl adjacent to an activating group) is 1.